The summed E-state index contributed by atoms with van der Waals surface area (Å²) >= 11 is 0. The lowest BCUT2D eigenvalue weighted by Gasteiger charge is -2.34. The summed E-state index contributed by atoms with van der Waals surface area (Å²) in [4.78, 5) is 0. The molecule has 1 fully saturated rings. The van der Waals surface area contributed by atoms with Gasteiger partial charge < -0.3 is 5.32 Å². The Bertz CT molecular complexity index is 155. The van der Waals surface area contributed by atoms with Gasteiger partial charge in [-0.2, -0.15) is 0 Å². The first-order chi connectivity index (χ1) is 6.65. The van der Waals surface area contributed by atoms with E-state index < -0.39 is 0 Å². The van der Waals surface area contributed by atoms with Crippen molar-refractivity contribution in [2.45, 2.75) is 59.4 Å². The van der Waals surface area contributed by atoms with Crippen LogP contribution in [0.25, 0.3) is 0 Å². The molecular formula is C13H27N. The predicted octanol–water partition coefficient (Wildman–Crippen LogP) is 3.45. The second-order valence-electron chi connectivity index (χ2n) is 5.24. The highest BCUT2D eigenvalue weighted by Gasteiger charge is 2.26. The molecular weight excluding hydrogens is 170 g/mol. The van der Waals surface area contributed by atoms with E-state index in [1.54, 1.807) is 0 Å². The van der Waals surface area contributed by atoms with E-state index in [0.29, 0.717) is 6.04 Å². The Hall–Kier alpha value is -0.0400. The molecule has 0 radical (unpaired) electrons. The Morgan fingerprint density at radius 3 is 2.57 bits per heavy atom. The molecule has 0 heterocycles. The molecule has 0 aromatic heterocycles. The fourth-order valence-corrected chi connectivity index (χ4v) is 2.87. The summed E-state index contributed by atoms with van der Waals surface area (Å²) in [5.41, 5.74) is 0. The van der Waals surface area contributed by atoms with Gasteiger partial charge in [0.15, 0.2) is 0 Å². The third kappa shape index (κ3) is 3.27. The van der Waals surface area contributed by atoms with Crippen molar-refractivity contribution in [2.75, 3.05) is 6.54 Å². The van der Waals surface area contributed by atoms with Gasteiger partial charge in [0, 0.05) is 6.04 Å². The quantitative estimate of drug-likeness (QED) is 0.728. The molecule has 1 heteroatoms. The molecule has 1 N–H and O–H groups in total. The van der Waals surface area contributed by atoms with Crippen molar-refractivity contribution in [1.82, 2.24) is 5.32 Å². The van der Waals surface area contributed by atoms with Crippen LogP contribution in [0, 0.1) is 17.8 Å². The predicted molar refractivity (Wildman–Crippen MR) is 63.4 cm³/mol. The van der Waals surface area contributed by atoms with Crippen LogP contribution in [0.4, 0.5) is 0 Å². The van der Waals surface area contributed by atoms with Gasteiger partial charge in [-0.05, 0) is 37.6 Å². The number of hydrogen-bond acceptors (Lipinski definition) is 1. The first kappa shape index (κ1) is 12.0. The fourth-order valence-electron chi connectivity index (χ4n) is 2.87. The second kappa shape index (κ2) is 5.75. The van der Waals surface area contributed by atoms with Crippen LogP contribution in [0.3, 0.4) is 0 Å². The molecule has 0 spiro atoms. The molecule has 1 rings (SSSR count). The minimum Gasteiger partial charge on any atom is -0.314 e. The van der Waals surface area contributed by atoms with Crippen molar-refractivity contribution in [2.24, 2.45) is 17.8 Å². The Morgan fingerprint density at radius 2 is 2.00 bits per heavy atom. The largest absolute Gasteiger partial charge is 0.314 e. The van der Waals surface area contributed by atoms with Gasteiger partial charge in [0.25, 0.3) is 0 Å². The summed E-state index contributed by atoms with van der Waals surface area (Å²) < 4.78 is 0. The summed E-state index contributed by atoms with van der Waals surface area (Å²) in [6.45, 7) is 10.5. The lowest BCUT2D eigenvalue weighted by atomic mass is 9.74. The van der Waals surface area contributed by atoms with E-state index in [2.05, 4.69) is 33.0 Å². The number of hydrogen-bond donors (Lipinski definition) is 1. The third-order valence-corrected chi connectivity index (χ3v) is 4.04. The second-order valence-corrected chi connectivity index (χ2v) is 5.24. The molecule has 1 nitrogen and oxygen atoms in total. The molecule has 0 aromatic carbocycles. The van der Waals surface area contributed by atoms with Crippen LogP contribution in [0.1, 0.15) is 53.4 Å². The lowest BCUT2D eigenvalue weighted by molar-refractivity contribution is 0.185. The minimum atomic E-state index is 0.690. The van der Waals surface area contributed by atoms with E-state index in [1.807, 2.05) is 0 Å². The van der Waals surface area contributed by atoms with Crippen LogP contribution in [-0.2, 0) is 0 Å². The van der Waals surface area contributed by atoms with Gasteiger partial charge in [0.1, 0.15) is 0 Å². The molecule has 0 aromatic rings. The van der Waals surface area contributed by atoms with Crippen LogP contribution in [0.15, 0.2) is 0 Å². The molecule has 84 valence electrons. The highest BCUT2D eigenvalue weighted by Crippen LogP contribution is 2.34. The molecule has 0 saturated heterocycles. The maximum Gasteiger partial charge on any atom is 0.00668 e. The SMILES string of the molecule is CCNC(C)C(C)C1CCCC(C)C1. The zero-order valence-electron chi connectivity index (χ0n) is 10.3. The molecule has 0 aliphatic heterocycles. The summed E-state index contributed by atoms with van der Waals surface area (Å²) in [5.74, 6) is 2.77. The van der Waals surface area contributed by atoms with Crippen molar-refractivity contribution in [3.63, 3.8) is 0 Å². The summed E-state index contributed by atoms with van der Waals surface area (Å²) in [6.07, 6.45) is 5.83. The van der Waals surface area contributed by atoms with Crippen LogP contribution in [0.2, 0.25) is 0 Å². The molecule has 14 heavy (non-hydrogen) atoms. The number of nitrogens with one attached hydrogen (secondary N) is 1. The van der Waals surface area contributed by atoms with Gasteiger partial charge in [-0.25, -0.2) is 0 Å². The van der Waals surface area contributed by atoms with E-state index in [-0.39, 0.29) is 0 Å². The molecule has 0 amide bonds. The topological polar surface area (TPSA) is 12.0 Å². The van der Waals surface area contributed by atoms with Crippen molar-refractivity contribution in [3.05, 3.63) is 0 Å². The maximum atomic E-state index is 3.56. The van der Waals surface area contributed by atoms with Crippen LogP contribution in [-0.4, -0.2) is 12.6 Å². The summed E-state index contributed by atoms with van der Waals surface area (Å²) in [5, 5.41) is 3.56. The Morgan fingerprint density at radius 1 is 1.29 bits per heavy atom. The minimum absolute atomic E-state index is 0.690. The average Bonchev–Trinajstić information content (AvgIpc) is 2.17. The van der Waals surface area contributed by atoms with Crippen molar-refractivity contribution in [3.8, 4) is 0 Å². The monoisotopic (exact) mass is 197 g/mol. The Kier molecular flexibility index (Phi) is 4.94. The Labute approximate surface area is 89.7 Å². The smallest absolute Gasteiger partial charge is 0.00668 e. The van der Waals surface area contributed by atoms with E-state index in [4.69, 9.17) is 0 Å². The maximum absolute atomic E-state index is 3.56. The molecule has 4 atom stereocenters. The van der Waals surface area contributed by atoms with Crippen molar-refractivity contribution >= 4 is 0 Å². The van der Waals surface area contributed by atoms with Gasteiger partial charge in [-0.1, -0.05) is 40.0 Å². The highest BCUT2D eigenvalue weighted by atomic mass is 14.9. The Balaban J connectivity index is 2.38. The average molecular weight is 197 g/mol. The van der Waals surface area contributed by atoms with E-state index >= 15 is 0 Å². The standard InChI is InChI=1S/C13H27N/c1-5-14-12(4)11(3)13-8-6-7-10(2)9-13/h10-14H,5-9H2,1-4H3. The van der Waals surface area contributed by atoms with Gasteiger partial charge in [0.2, 0.25) is 0 Å². The molecule has 1 aliphatic rings. The van der Waals surface area contributed by atoms with E-state index in [9.17, 15) is 0 Å². The number of rotatable bonds is 4. The van der Waals surface area contributed by atoms with Crippen molar-refractivity contribution in [1.29, 1.82) is 0 Å². The van der Waals surface area contributed by atoms with E-state index in [1.165, 1.54) is 25.7 Å². The van der Waals surface area contributed by atoms with Crippen LogP contribution in [0.5, 0.6) is 0 Å². The fraction of sp³-hybridized carbons (Fsp3) is 1.00. The molecule has 0 bridgehead atoms. The first-order valence-electron chi connectivity index (χ1n) is 6.38. The zero-order chi connectivity index (χ0) is 10.6. The summed E-state index contributed by atoms with van der Waals surface area (Å²) in [6, 6.07) is 0.690. The lowest BCUT2D eigenvalue weighted by Crippen LogP contribution is -2.37. The zero-order valence-corrected chi connectivity index (χ0v) is 10.3. The van der Waals surface area contributed by atoms with Crippen molar-refractivity contribution < 1.29 is 0 Å². The van der Waals surface area contributed by atoms with Crippen LogP contribution >= 0.6 is 0 Å². The molecule has 4 unspecified atom stereocenters. The molecule has 1 aliphatic carbocycles. The van der Waals surface area contributed by atoms with Gasteiger partial charge >= 0.3 is 0 Å². The molecule has 1 saturated carbocycles. The highest BCUT2D eigenvalue weighted by molar-refractivity contribution is 4.80. The van der Waals surface area contributed by atoms with E-state index in [0.717, 1.165) is 24.3 Å². The van der Waals surface area contributed by atoms with Crippen LogP contribution < -0.4 is 5.32 Å². The first-order valence-corrected chi connectivity index (χ1v) is 6.38. The normalized spacial score (nSPS) is 32.6. The van der Waals surface area contributed by atoms with Gasteiger partial charge in [-0.15, -0.1) is 0 Å². The van der Waals surface area contributed by atoms with Gasteiger partial charge in [-0.3, -0.25) is 0 Å². The van der Waals surface area contributed by atoms with Gasteiger partial charge in [0.05, 0.1) is 0 Å². The third-order valence-electron chi connectivity index (χ3n) is 4.04. The summed E-state index contributed by atoms with van der Waals surface area (Å²) in [7, 11) is 0.